The van der Waals surface area contributed by atoms with E-state index in [9.17, 15) is 15.2 Å². The molecule has 0 amide bonds. The highest BCUT2D eigenvalue weighted by Crippen LogP contribution is 2.44. The van der Waals surface area contributed by atoms with E-state index in [1.165, 1.54) is 5.56 Å². The molecule has 4 aliphatic heterocycles. The molecule has 0 radical (unpaired) electrons. The highest BCUT2D eigenvalue weighted by atomic mass is 16.6. The lowest BCUT2D eigenvalue weighted by atomic mass is 9.57. The number of hydrogen-bond acceptors (Lipinski definition) is 3. The number of aliphatic hydroxyl groups excluding tert-OH is 1. The van der Waals surface area contributed by atoms with Crippen molar-refractivity contribution in [3.63, 3.8) is 0 Å². The number of nitro groups is 1. The molecule has 1 aromatic rings. The number of nitro benzene ring substituents is 1. The average Bonchev–Trinajstić information content (AvgIpc) is 2.58. The lowest BCUT2D eigenvalue weighted by molar-refractivity contribution is -1.19. The van der Waals surface area contributed by atoms with Crippen LogP contribution in [0, 0.1) is 20.9 Å². The van der Waals surface area contributed by atoms with Gasteiger partial charge in [0.2, 0.25) is 6.17 Å². The highest BCUT2D eigenvalue weighted by molar-refractivity contribution is 5.33. The van der Waals surface area contributed by atoms with Crippen LogP contribution in [0.2, 0.25) is 0 Å². The Kier molecular flexibility index (Phi) is 3.50. The van der Waals surface area contributed by atoms with Crippen LogP contribution in [0.4, 0.5) is 5.69 Å². The van der Waals surface area contributed by atoms with Gasteiger partial charge in [0.15, 0.2) is 0 Å². The van der Waals surface area contributed by atoms with Gasteiger partial charge in [-0.2, -0.15) is 0 Å². The van der Waals surface area contributed by atoms with Crippen LogP contribution in [0.3, 0.4) is 0 Å². The van der Waals surface area contributed by atoms with Crippen LogP contribution >= 0.6 is 0 Å². The van der Waals surface area contributed by atoms with Gasteiger partial charge in [0, 0.05) is 12.1 Å². The molecular weight excluding hydrogens is 306 g/mol. The zero-order valence-corrected chi connectivity index (χ0v) is 14.4. The SMILES string of the molecule is CCC12C[NH+]3CC(CC)(C[NH+](C1)C3c1ccc([N+](=O)[O-])cc1)C2O. The highest BCUT2D eigenvalue weighted by Gasteiger charge is 2.69. The van der Waals surface area contributed by atoms with Gasteiger partial charge < -0.3 is 5.11 Å². The fourth-order valence-corrected chi connectivity index (χ4v) is 5.94. The second-order valence-electron chi connectivity index (χ2n) is 8.14. The maximum absolute atomic E-state index is 11.1. The molecule has 6 nitrogen and oxygen atoms in total. The number of benzene rings is 1. The summed E-state index contributed by atoms with van der Waals surface area (Å²) in [6.07, 6.45) is 2.20. The van der Waals surface area contributed by atoms with Crippen LogP contribution in [-0.4, -0.2) is 42.3 Å². The standard InChI is InChI=1S/C18H25N3O3/c1-3-17-9-19-11-18(4-2,16(17)22)12-20(10-17)15(19)13-5-7-14(8-6-13)21(23)24/h5-8,15-16,22H,3-4,9-12H2,1-2H3/p+2. The van der Waals surface area contributed by atoms with Crippen LogP contribution < -0.4 is 9.80 Å². The number of nitrogens with zero attached hydrogens (tertiary/aromatic N) is 1. The first-order valence-electron chi connectivity index (χ1n) is 9.06. The van der Waals surface area contributed by atoms with Gasteiger partial charge in [-0.25, -0.2) is 0 Å². The molecule has 3 N–H and O–H groups in total. The molecular formula is C18H27N3O3+2. The fraction of sp³-hybridized carbons (Fsp3) is 0.667. The quantitative estimate of drug-likeness (QED) is 0.517. The van der Waals surface area contributed by atoms with E-state index in [2.05, 4.69) is 13.8 Å². The van der Waals surface area contributed by atoms with Gasteiger partial charge in [-0.3, -0.25) is 19.9 Å². The Hall–Kier alpha value is -1.50. The summed E-state index contributed by atoms with van der Waals surface area (Å²) < 4.78 is 0. The molecule has 0 spiro atoms. The van der Waals surface area contributed by atoms with Crippen molar-refractivity contribution in [3.05, 3.63) is 39.9 Å². The van der Waals surface area contributed by atoms with E-state index in [0.29, 0.717) is 6.17 Å². The third-order valence-corrected chi connectivity index (χ3v) is 7.14. The normalized spacial score (nSPS) is 43.1. The lowest BCUT2D eigenvalue weighted by Crippen LogP contribution is -3.41. The van der Waals surface area contributed by atoms with E-state index < -0.39 is 0 Å². The minimum atomic E-state index is -0.338. The van der Waals surface area contributed by atoms with Crippen LogP contribution in [0.1, 0.15) is 38.4 Å². The topological polar surface area (TPSA) is 72.2 Å². The van der Waals surface area contributed by atoms with Crippen LogP contribution in [-0.2, 0) is 0 Å². The molecule has 6 heteroatoms. The zero-order valence-electron chi connectivity index (χ0n) is 14.4. The minimum Gasteiger partial charge on any atom is -0.391 e. The molecule has 1 aromatic carbocycles. The number of non-ortho nitro benzene ring substituents is 1. The first kappa shape index (κ1) is 16.0. The number of nitrogens with one attached hydrogen (secondary N) is 2. The number of piperidine rings is 2. The Balaban J connectivity index is 1.69. The van der Waals surface area contributed by atoms with Crippen molar-refractivity contribution in [2.75, 3.05) is 26.2 Å². The van der Waals surface area contributed by atoms with E-state index in [4.69, 9.17) is 0 Å². The number of aliphatic hydroxyl groups is 1. The number of quaternary nitrogens is 2. The summed E-state index contributed by atoms with van der Waals surface area (Å²) in [5, 5.41) is 22.0. The summed E-state index contributed by atoms with van der Waals surface area (Å²) in [5.74, 6) is 0. The molecule has 24 heavy (non-hydrogen) atoms. The molecule has 0 aliphatic carbocycles. The minimum absolute atomic E-state index is 0.0362. The predicted molar refractivity (Wildman–Crippen MR) is 88.7 cm³/mol. The summed E-state index contributed by atoms with van der Waals surface area (Å²) in [5.41, 5.74) is 1.42. The second-order valence-corrected chi connectivity index (χ2v) is 8.14. The number of rotatable bonds is 4. The van der Waals surface area contributed by atoms with Gasteiger partial charge in [-0.05, 0) is 25.0 Å². The van der Waals surface area contributed by atoms with Crippen LogP contribution in [0.25, 0.3) is 0 Å². The van der Waals surface area contributed by atoms with Crippen molar-refractivity contribution in [1.29, 1.82) is 0 Å². The van der Waals surface area contributed by atoms with E-state index >= 15 is 0 Å². The molecule has 4 bridgehead atoms. The van der Waals surface area contributed by atoms with Crippen molar-refractivity contribution in [3.8, 4) is 0 Å². The third-order valence-electron chi connectivity index (χ3n) is 7.14. The molecule has 4 saturated heterocycles. The molecule has 5 rings (SSSR count). The summed E-state index contributed by atoms with van der Waals surface area (Å²) >= 11 is 0. The molecule has 0 saturated carbocycles. The Bertz CT molecular complexity index is 620. The van der Waals surface area contributed by atoms with Crippen LogP contribution in [0.5, 0.6) is 0 Å². The predicted octanol–water partition coefficient (Wildman–Crippen LogP) is -0.442. The Morgan fingerprint density at radius 1 is 1.08 bits per heavy atom. The van der Waals surface area contributed by atoms with Gasteiger partial charge in [0.1, 0.15) is 0 Å². The third kappa shape index (κ3) is 2.00. The molecule has 4 heterocycles. The molecule has 0 atom stereocenters. The van der Waals surface area contributed by atoms with Gasteiger partial charge >= 0.3 is 0 Å². The van der Waals surface area contributed by atoms with Crippen molar-refractivity contribution >= 4 is 5.69 Å². The molecule has 130 valence electrons. The fourth-order valence-electron chi connectivity index (χ4n) is 5.94. The Labute approximate surface area is 142 Å². The molecule has 4 aliphatic rings. The van der Waals surface area contributed by atoms with E-state index in [1.807, 2.05) is 12.1 Å². The van der Waals surface area contributed by atoms with E-state index in [-0.39, 0.29) is 27.5 Å². The van der Waals surface area contributed by atoms with E-state index in [1.54, 1.807) is 21.9 Å². The van der Waals surface area contributed by atoms with E-state index in [0.717, 1.165) is 39.0 Å². The first-order valence-corrected chi connectivity index (χ1v) is 9.06. The smallest absolute Gasteiger partial charge is 0.269 e. The zero-order chi connectivity index (χ0) is 17.1. The monoisotopic (exact) mass is 333 g/mol. The number of hydrogen-bond donors (Lipinski definition) is 3. The molecule has 4 fully saturated rings. The van der Waals surface area contributed by atoms with Gasteiger partial charge in [0.05, 0.1) is 53.6 Å². The van der Waals surface area contributed by atoms with Gasteiger partial charge in [-0.15, -0.1) is 0 Å². The summed E-state index contributed by atoms with van der Waals surface area (Å²) in [6.45, 7) is 8.47. The average molecular weight is 333 g/mol. The maximum atomic E-state index is 11.1. The Morgan fingerprint density at radius 2 is 1.54 bits per heavy atom. The largest absolute Gasteiger partial charge is 0.391 e. The maximum Gasteiger partial charge on any atom is 0.269 e. The van der Waals surface area contributed by atoms with Gasteiger partial charge in [-0.1, -0.05) is 13.8 Å². The Morgan fingerprint density at radius 3 is 1.92 bits per heavy atom. The van der Waals surface area contributed by atoms with Crippen molar-refractivity contribution in [1.82, 2.24) is 0 Å². The van der Waals surface area contributed by atoms with Crippen LogP contribution in [0.15, 0.2) is 24.3 Å². The summed E-state index contributed by atoms with van der Waals surface area (Å²) in [4.78, 5) is 13.7. The van der Waals surface area contributed by atoms with Crippen molar-refractivity contribution in [2.45, 2.75) is 39.0 Å². The van der Waals surface area contributed by atoms with Gasteiger partial charge in [0.25, 0.3) is 5.69 Å². The first-order chi connectivity index (χ1) is 11.4. The van der Waals surface area contributed by atoms with Crippen molar-refractivity contribution in [2.24, 2.45) is 10.8 Å². The molecule has 0 aromatic heterocycles. The summed E-state index contributed by atoms with van der Waals surface area (Å²) in [7, 11) is 0. The van der Waals surface area contributed by atoms with Crippen molar-refractivity contribution < 1.29 is 19.8 Å². The summed E-state index contributed by atoms with van der Waals surface area (Å²) in [6, 6.07) is 7.11. The lowest BCUT2D eigenvalue weighted by Gasteiger charge is -2.64. The molecule has 0 unspecified atom stereocenters. The second kappa shape index (κ2) is 5.25.